The molecule has 1 atom stereocenters. The molecule has 0 aliphatic carbocycles. The van der Waals surface area contributed by atoms with Crippen LogP contribution in [0.2, 0.25) is 0 Å². The Morgan fingerprint density at radius 3 is 2.89 bits per heavy atom. The molecule has 0 fully saturated rings. The van der Waals surface area contributed by atoms with Crippen LogP contribution in [-0.2, 0) is 0 Å². The third-order valence-corrected chi connectivity index (χ3v) is 2.73. The molecule has 5 heteroatoms. The van der Waals surface area contributed by atoms with Crippen LogP contribution in [0.25, 0.3) is 0 Å². The summed E-state index contributed by atoms with van der Waals surface area (Å²) in [5, 5.41) is 11.6. The molecule has 0 radical (unpaired) electrons. The molecular weight excluding hydrogens is 235 g/mol. The Kier molecular flexibility index (Phi) is 5.58. The molecule has 0 saturated carbocycles. The average molecular weight is 254 g/mol. The predicted octanol–water partition coefficient (Wildman–Crippen LogP) is 1.55. The molecule has 0 spiro atoms. The van der Waals surface area contributed by atoms with Crippen molar-refractivity contribution in [2.75, 3.05) is 18.9 Å². The number of rotatable bonds is 6. The summed E-state index contributed by atoms with van der Waals surface area (Å²) in [5.74, 6) is -0.551. The van der Waals surface area contributed by atoms with E-state index in [0.717, 1.165) is 12.8 Å². The van der Waals surface area contributed by atoms with Gasteiger partial charge in [-0.1, -0.05) is 6.92 Å². The summed E-state index contributed by atoms with van der Waals surface area (Å²) < 4.78 is 12.9. The lowest BCUT2D eigenvalue weighted by Gasteiger charge is -2.09. The minimum absolute atomic E-state index is 0.0310. The molecule has 100 valence electrons. The number of nitrogens with one attached hydrogen (secondary N) is 1. The van der Waals surface area contributed by atoms with Gasteiger partial charge in [-0.15, -0.1) is 0 Å². The number of nitrogen functional groups attached to an aromatic ring is 1. The topological polar surface area (TPSA) is 75.3 Å². The zero-order valence-electron chi connectivity index (χ0n) is 10.4. The summed E-state index contributed by atoms with van der Waals surface area (Å²) in [6.45, 7) is 2.63. The lowest BCUT2D eigenvalue weighted by atomic mass is 10.1. The van der Waals surface area contributed by atoms with Crippen LogP contribution in [0.15, 0.2) is 18.2 Å². The van der Waals surface area contributed by atoms with Crippen LogP contribution in [0.1, 0.15) is 30.1 Å². The number of aliphatic hydroxyl groups is 1. The summed E-state index contributed by atoms with van der Waals surface area (Å²) in [4.78, 5) is 11.7. The Morgan fingerprint density at radius 2 is 2.28 bits per heavy atom. The number of carbonyl (C=O) groups excluding carboxylic acids is 1. The highest BCUT2D eigenvalue weighted by Gasteiger charge is 2.07. The van der Waals surface area contributed by atoms with Crippen molar-refractivity contribution >= 4 is 11.6 Å². The molecule has 4 N–H and O–H groups in total. The summed E-state index contributed by atoms with van der Waals surface area (Å²) in [7, 11) is 0. The van der Waals surface area contributed by atoms with Gasteiger partial charge in [-0.3, -0.25) is 4.79 Å². The van der Waals surface area contributed by atoms with E-state index in [1.807, 2.05) is 6.92 Å². The van der Waals surface area contributed by atoms with E-state index in [0.29, 0.717) is 12.1 Å². The molecule has 4 nitrogen and oxygen atoms in total. The van der Waals surface area contributed by atoms with E-state index < -0.39 is 5.82 Å². The maximum Gasteiger partial charge on any atom is 0.251 e. The standard InChI is InChI=1S/C13H19FN2O2/c1-9(8-17)3-2-6-16-13(18)10-4-5-11(14)12(15)7-10/h4-5,7,9,17H,2-3,6,8,15H2,1H3,(H,16,18). The molecule has 0 bridgehead atoms. The minimum Gasteiger partial charge on any atom is -0.396 e. The van der Waals surface area contributed by atoms with Gasteiger partial charge in [0.05, 0.1) is 5.69 Å². The molecule has 1 unspecified atom stereocenters. The first-order chi connectivity index (χ1) is 8.54. The number of halogens is 1. The molecule has 0 aliphatic rings. The molecule has 0 heterocycles. The SMILES string of the molecule is CC(CO)CCCNC(=O)c1ccc(F)c(N)c1. The lowest BCUT2D eigenvalue weighted by molar-refractivity contribution is 0.0952. The maximum absolute atomic E-state index is 12.9. The number of benzene rings is 1. The van der Waals surface area contributed by atoms with Crippen molar-refractivity contribution in [3.8, 4) is 0 Å². The number of nitrogens with two attached hydrogens (primary N) is 1. The van der Waals surface area contributed by atoms with Crippen LogP contribution >= 0.6 is 0 Å². The number of hydrogen-bond acceptors (Lipinski definition) is 3. The Morgan fingerprint density at radius 1 is 1.56 bits per heavy atom. The van der Waals surface area contributed by atoms with Crippen LogP contribution in [0.3, 0.4) is 0 Å². The second-order valence-electron chi connectivity index (χ2n) is 4.42. The van der Waals surface area contributed by atoms with Gasteiger partial charge < -0.3 is 16.2 Å². The first-order valence-electron chi connectivity index (χ1n) is 5.98. The second kappa shape index (κ2) is 6.96. The number of anilines is 1. The maximum atomic E-state index is 12.9. The second-order valence-corrected chi connectivity index (χ2v) is 4.42. The summed E-state index contributed by atoms with van der Waals surface area (Å²) in [5.41, 5.74) is 5.71. The lowest BCUT2D eigenvalue weighted by Crippen LogP contribution is -2.25. The number of hydrogen-bond donors (Lipinski definition) is 3. The highest BCUT2D eigenvalue weighted by Crippen LogP contribution is 2.12. The molecule has 0 aromatic heterocycles. The van der Waals surface area contributed by atoms with E-state index in [1.54, 1.807) is 0 Å². The van der Waals surface area contributed by atoms with Crippen molar-refractivity contribution in [2.24, 2.45) is 5.92 Å². The van der Waals surface area contributed by atoms with Crippen LogP contribution in [0.5, 0.6) is 0 Å². The van der Waals surface area contributed by atoms with Crippen LogP contribution in [0.4, 0.5) is 10.1 Å². The molecule has 1 aromatic rings. The van der Waals surface area contributed by atoms with Gasteiger partial charge in [-0.25, -0.2) is 4.39 Å². The van der Waals surface area contributed by atoms with Crippen molar-refractivity contribution in [1.29, 1.82) is 0 Å². The van der Waals surface area contributed by atoms with Gasteiger partial charge in [0.15, 0.2) is 0 Å². The molecular formula is C13H19FN2O2. The van der Waals surface area contributed by atoms with Crippen molar-refractivity contribution in [1.82, 2.24) is 5.32 Å². The summed E-state index contributed by atoms with van der Waals surface area (Å²) in [6, 6.07) is 3.90. The fourth-order valence-electron chi connectivity index (χ4n) is 1.53. The number of aliphatic hydroxyl groups excluding tert-OH is 1. The first kappa shape index (κ1) is 14.4. The van der Waals surface area contributed by atoms with Crippen LogP contribution < -0.4 is 11.1 Å². The largest absolute Gasteiger partial charge is 0.396 e. The van der Waals surface area contributed by atoms with Crippen molar-refractivity contribution < 1.29 is 14.3 Å². The van der Waals surface area contributed by atoms with Crippen molar-refractivity contribution in [3.05, 3.63) is 29.6 Å². The van der Waals surface area contributed by atoms with E-state index >= 15 is 0 Å². The molecule has 1 rings (SSSR count). The Bertz CT molecular complexity index is 410. The number of amides is 1. The van der Waals surface area contributed by atoms with Crippen molar-refractivity contribution in [3.63, 3.8) is 0 Å². The van der Waals surface area contributed by atoms with E-state index in [9.17, 15) is 9.18 Å². The fourth-order valence-corrected chi connectivity index (χ4v) is 1.53. The summed E-state index contributed by atoms with van der Waals surface area (Å²) >= 11 is 0. The molecule has 18 heavy (non-hydrogen) atoms. The highest BCUT2D eigenvalue weighted by molar-refractivity contribution is 5.94. The zero-order valence-corrected chi connectivity index (χ0v) is 10.4. The average Bonchev–Trinajstić information content (AvgIpc) is 2.37. The van der Waals surface area contributed by atoms with E-state index in [1.165, 1.54) is 18.2 Å². The Labute approximate surface area is 106 Å². The zero-order chi connectivity index (χ0) is 13.5. The van der Waals surface area contributed by atoms with E-state index in [2.05, 4.69) is 5.32 Å². The van der Waals surface area contributed by atoms with Crippen LogP contribution in [-0.4, -0.2) is 24.2 Å². The molecule has 0 aliphatic heterocycles. The van der Waals surface area contributed by atoms with Crippen LogP contribution in [0, 0.1) is 11.7 Å². The third kappa shape index (κ3) is 4.33. The minimum atomic E-state index is -0.525. The summed E-state index contributed by atoms with van der Waals surface area (Å²) in [6.07, 6.45) is 1.65. The fraction of sp³-hybridized carbons (Fsp3) is 0.462. The Hall–Kier alpha value is -1.62. The van der Waals surface area contributed by atoms with Gasteiger partial charge in [0, 0.05) is 18.7 Å². The normalized spacial score (nSPS) is 12.2. The smallest absolute Gasteiger partial charge is 0.251 e. The monoisotopic (exact) mass is 254 g/mol. The van der Waals surface area contributed by atoms with E-state index in [-0.39, 0.29) is 24.1 Å². The third-order valence-electron chi connectivity index (χ3n) is 2.73. The van der Waals surface area contributed by atoms with Gasteiger partial charge in [0.1, 0.15) is 5.82 Å². The first-order valence-corrected chi connectivity index (χ1v) is 5.98. The Balaban J connectivity index is 2.39. The quantitative estimate of drug-likeness (QED) is 0.532. The van der Waals surface area contributed by atoms with Gasteiger partial charge in [0.25, 0.3) is 5.91 Å². The molecule has 0 saturated heterocycles. The van der Waals surface area contributed by atoms with Gasteiger partial charge in [-0.05, 0) is 37.0 Å². The highest BCUT2D eigenvalue weighted by atomic mass is 19.1. The van der Waals surface area contributed by atoms with Crippen molar-refractivity contribution in [2.45, 2.75) is 19.8 Å². The molecule has 1 amide bonds. The molecule has 1 aromatic carbocycles. The number of carbonyl (C=O) groups is 1. The van der Waals surface area contributed by atoms with Gasteiger partial charge >= 0.3 is 0 Å². The van der Waals surface area contributed by atoms with Gasteiger partial charge in [0.2, 0.25) is 0 Å². The van der Waals surface area contributed by atoms with E-state index in [4.69, 9.17) is 10.8 Å². The van der Waals surface area contributed by atoms with Gasteiger partial charge in [-0.2, -0.15) is 0 Å². The predicted molar refractivity (Wildman–Crippen MR) is 68.6 cm³/mol.